The first kappa shape index (κ1) is 9.83. The molecule has 0 aromatic carbocycles. The van der Waals surface area contributed by atoms with E-state index in [1.807, 2.05) is 0 Å². The van der Waals surface area contributed by atoms with Gasteiger partial charge in [-0.3, -0.25) is 4.79 Å². The summed E-state index contributed by atoms with van der Waals surface area (Å²) in [6.07, 6.45) is 1.46. The van der Waals surface area contributed by atoms with Crippen LogP contribution in [0.25, 0.3) is 0 Å². The van der Waals surface area contributed by atoms with Crippen LogP contribution in [0.5, 0.6) is 0 Å². The number of carbonyl (C=O) groups excluding carboxylic acids is 1. The van der Waals surface area contributed by atoms with Gasteiger partial charge in [-0.05, 0) is 0 Å². The van der Waals surface area contributed by atoms with Crippen LogP contribution in [-0.2, 0) is 4.79 Å². The Bertz CT molecular complexity index is 94.6. The van der Waals surface area contributed by atoms with Crippen LogP contribution in [0.4, 0.5) is 0 Å². The molecular formula is C4H3Cl4O. The van der Waals surface area contributed by atoms with E-state index >= 15 is 0 Å². The maximum Gasteiger partial charge on any atom is 0.219 e. The van der Waals surface area contributed by atoms with Gasteiger partial charge in [-0.2, -0.15) is 0 Å². The van der Waals surface area contributed by atoms with Gasteiger partial charge in [0.05, 0.1) is 5.38 Å². The van der Waals surface area contributed by atoms with Gasteiger partial charge in [0.1, 0.15) is 10.2 Å². The molecule has 0 saturated carbocycles. The molecule has 1 nitrogen and oxygen atoms in total. The van der Waals surface area contributed by atoms with Crippen LogP contribution in [0.15, 0.2) is 0 Å². The second-order valence-electron chi connectivity index (χ2n) is 1.30. The lowest BCUT2D eigenvalue weighted by atomic mass is 10.3. The average molecular weight is 209 g/mol. The Morgan fingerprint density at radius 2 is 1.56 bits per heavy atom. The molecule has 5 heteroatoms. The summed E-state index contributed by atoms with van der Waals surface area (Å²) in [7, 11) is 0. The Kier molecular flexibility index (Phi) is 5.04. The fourth-order valence-electron chi connectivity index (χ4n) is 0.193. The molecule has 0 heterocycles. The van der Waals surface area contributed by atoms with E-state index in [-0.39, 0.29) is 0 Å². The first-order valence-corrected chi connectivity index (χ1v) is 3.78. The number of halogens is 4. The maximum absolute atomic E-state index is 9.79. The third kappa shape index (κ3) is 3.51. The maximum atomic E-state index is 9.79. The second kappa shape index (κ2) is 4.62. The fraction of sp³-hybridized carbons (Fsp3) is 0.750. The van der Waals surface area contributed by atoms with E-state index in [1.165, 1.54) is 6.29 Å². The third-order valence-electron chi connectivity index (χ3n) is 0.633. The lowest BCUT2D eigenvalue weighted by Crippen LogP contribution is -2.22. The smallest absolute Gasteiger partial charge is 0.219 e. The predicted molar refractivity (Wildman–Crippen MR) is 40.5 cm³/mol. The summed E-state index contributed by atoms with van der Waals surface area (Å²) < 4.78 is 0. The monoisotopic (exact) mass is 207 g/mol. The highest BCUT2D eigenvalue weighted by Gasteiger charge is 2.22. The SMILES string of the molecule is O=[C]C(Cl)C(Cl)C(Cl)Cl. The van der Waals surface area contributed by atoms with Crippen LogP contribution in [0.1, 0.15) is 0 Å². The lowest BCUT2D eigenvalue weighted by molar-refractivity contribution is 0.551. The largest absolute Gasteiger partial charge is 0.289 e. The van der Waals surface area contributed by atoms with E-state index in [0.717, 1.165) is 0 Å². The molecule has 0 fully saturated rings. The number of alkyl halides is 4. The minimum atomic E-state index is -0.938. The van der Waals surface area contributed by atoms with Gasteiger partial charge in [0.15, 0.2) is 0 Å². The van der Waals surface area contributed by atoms with Crippen molar-refractivity contribution in [2.24, 2.45) is 0 Å². The standard InChI is InChI=1S/C4H3Cl4O/c5-2(1-9)3(6)4(7)8/h2-4H. The molecule has 0 aliphatic rings. The van der Waals surface area contributed by atoms with Crippen LogP contribution in [0, 0.1) is 0 Å². The van der Waals surface area contributed by atoms with Crippen LogP contribution in [0.2, 0.25) is 0 Å². The van der Waals surface area contributed by atoms with Gasteiger partial charge in [0.25, 0.3) is 0 Å². The summed E-state index contributed by atoms with van der Waals surface area (Å²) >= 11 is 21.2. The highest BCUT2D eigenvalue weighted by Crippen LogP contribution is 2.19. The second-order valence-corrected chi connectivity index (χ2v) is 3.44. The van der Waals surface area contributed by atoms with E-state index in [9.17, 15) is 4.79 Å². The third-order valence-corrected chi connectivity index (χ3v) is 2.43. The molecule has 1 radical (unpaired) electrons. The topological polar surface area (TPSA) is 17.1 Å². The zero-order chi connectivity index (χ0) is 7.44. The van der Waals surface area contributed by atoms with Gasteiger partial charge in [-0.25, -0.2) is 0 Å². The van der Waals surface area contributed by atoms with Crippen molar-refractivity contribution in [1.29, 1.82) is 0 Å². The number of hydrogen-bond acceptors (Lipinski definition) is 1. The van der Waals surface area contributed by atoms with Crippen molar-refractivity contribution in [3.63, 3.8) is 0 Å². The Labute approximate surface area is 73.2 Å². The molecular weight excluding hydrogens is 206 g/mol. The minimum absolute atomic E-state index is 0.771. The van der Waals surface area contributed by atoms with Gasteiger partial charge in [0, 0.05) is 0 Å². The van der Waals surface area contributed by atoms with E-state index in [1.54, 1.807) is 0 Å². The van der Waals surface area contributed by atoms with Crippen molar-refractivity contribution in [3.05, 3.63) is 0 Å². The van der Waals surface area contributed by atoms with Crippen LogP contribution < -0.4 is 0 Å². The molecule has 0 amide bonds. The molecule has 53 valence electrons. The zero-order valence-electron chi connectivity index (χ0n) is 4.15. The molecule has 0 spiro atoms. The molecule has 2 atom stereocenters. The van der Waals surface area contributed by atoms with E-state index in [0.29, 0.717) is 0 Å². The molecule has 0 aromatic heterocycles. The first-order valence-electron chi connectivity index (χ1n) is 2.03. The molecule has 9 heavy (non-hydrogen) atoms. The fourth-order valence-corrected chi connectivity index (χ4v) is 0.830. The van der Waals surface area contributed by atoms with Gasteiger partial charge in [-0.15, -0.1) is 46.4 Å². The van der Waals surface area contributed by atoms with Crippen molar-refractivity contribution < 1.29 is 4.79 Å². The van der Waals surface area contributed by atoms with Gasteiger partial charge < -0.3 is 0 Å². The Morgan fingerprint density at radius 3 is 1.67 bits per heavy atom. The quantitative estimate of drug-likeness (QED) is 0.650. The van der Waals surface area contributed by atoms with Crippen molar-refractivity contribution in [2.45, 2.75) is 15.6 Å². The van der Waals surface area contributed by atoms with Gasteiger partial charge >= 0.3 is 0 Å². The van der Waals surface area contributed by atoms with Crippen molar-refractivity contribution in [1.82, 2.24) is 0 Å². The summed E-state index contributed by atoms with van der Waals surface area (Å²) in [4.78, 5) is 8.95. The normalized spacial score (nSPS) is 17.4. The molecule has 2 unspecified atom stereocenters. The summed E-state index contributed by atoms with van der Waals surface area (Å²) in [5.74, 6) is 0. The Hall–Kier alpha value is 0.830. The van der Waals surface area contributed by atoms with Crippen molar-refractivity contribution in [2.75, 3.05) is 0 Å². The van der Waals surface area contributed by atoms with Gasteiger partial charge in [-0.1, -0.05) is 0 Å². The van der Waals surface area contributed by atoms with Crippen molar-refractivity contribution in [3.8, 4) is 0 Å². The highest BCUT2D eigenvalue weighted by molar-refractivity contribution is 6.50. The summed E-state index contributed by atoms with van der Waals surface area (Å²) in [5.41, 5.74) is 0. The van der Waals surface area contributed by atoms with E-state index < -0.39 is 15.6 Å². The minimum Gasteiger partial charge on any atom is -0.289 e. The number of rotatable bonds is 3. The highest BCUT2D eigenvalue weighted by atomic mass is 35.5. The summed E-state index contributed by atoms with van der Waals surface area (Å²) in [6, 6.07) is 0. The summed E-state index contributed by atoms with van der Waals surface area (Å²) in [6.45, 7) is 0. The van der Waals surface area contributed by atoms with Gasteiger partial charge in [0.2, 0.25) is 6.29 Å². The Balaban J connectivity index is 3.71. The van der Waals surface area contributed by atoms with Crippen LogP contribution in [0.3, 0.4) is 0 Å². The predicted octanol–water partition coefficient (Wildman–Crippen LogP) is 2.11. The van der Waals surface area contributed by atoms with Crippen LogP contribution in [-0.4, -0.2) is 21.9 Å². The molecule has 0 aliphatic carbocycles. The van der Waals surface area contributed by atoms with Crippen molar-refractivity contribution >= 4 is 52.7 Å². The molecule has 0 N–H and O–H groups in total. The van der Waals surface area contributed by atoms with Crippen LogP contribution >= 0.6 is 46.4 Å². The van der Waals surface area contributed by atoms with E-state index in [2.05, 4.69) is 0 Å². The molecule has 0 aromatic rings. The summed E-state index contributed by atoms with van der Waals surface area (Å²) in [5, 5.41) is -1.71. The molecule has 0 aliphatic heterocycles. The zero-order valence-corrected chi connectivity index (χ0v) is 7.18. The molecule has 0 saturated heterocycles. The Morgan fingerprint density at radius 1 is 1.11 bits per heavy atom. The molecule has 0 bridgehead atoms. The number of hydrogen-bond donors (Lipinski definition) is 0. The average Bonchev–Trinajstić information content (AvgIpc) is 1.84. The molecule has 0 rings (SSSR count). The van der Waals surface area contributed by atoms with E-state index in [4.69, 9.17) is 46.4 Å². The lowest BCUT2D eigenvalue weighted by Gasteiger charge is -2.08. The first-order chi connectivity index (χ1) is 4.09.